The summed E-state index contributed by atoms with van der Waals surface area (Å²) in [6.45, 7) is 8.18. The highest BCUT2D eigenvalue weighted by molar-refractivity contribution is 14.1. The topological polar surface area (TPSA) is 62.3 Å². The van der Waals surface area contributed by atoms with E-state index >= 15 is 0 Å². The second-order valence-electron chi connectivity index (χ2n) is 8.50. The Morgan fingerprint density at radius 1 is 1.27 bits per heavy atom. The van der Waals surface area contributed by atoms with Crippen LogP contribution >= 0.6 is 22.6 Å². The van der Waals surface area contributed by atoms with Crippen LogP contribution in [0.5, 0.6) is 0 Å². The average molecular weight is 471 g/mol. The maximum Gasteiger partial charge on any atom is 0.149 e. The predicted molar refractivity (Wildman–Crippen MR) is 113 cm³/mol. The van der Waals surface area contributed by atoms with Crippen molar-refractivity contribution >= 4 is 34.2 Å². The smallest absolute Gasteiger partial charge is 0.149 e. The van der Waals surface area contributed by atoms with Crippen LogP contribution in [-0.2, 0) is 4.74 Å². The number of anilines is 2. The number of nitrogens with one attached hydrogen (secondary N) is 2. The van der Waals surface area contributed by atoms with Crippen LogP contribution in [0.2, 0.25) is 0 Å². The van der Waals surface area contributed by atoms with Crippen molar-refractivity contribution in [1.82, 2.24) is 15.1 Å². The lowest BCUT2D eigenvalue weighted by atomic mass is 9.83. The fraction of sp³-hybridized carbons (Fsp3) is 0.789. The molecule has 2 saturated heterocycles. The molecular weight excluding hydrogens is 441 g/mol. The van der Waals surface area contributed by atoms with Gasteiger partial charge in [0, 0.05) is 38.9 Å². The number of likely N-dealkylation sites (tertiary alicyclic amines) is 1. The molecule has 3 fully saturated rings. The molecule has 1 aromatic rings. The SMILES string of the molecule is C[C@@]12C[C@@H](Nc3ccc(NCI)nn3)C[C@@H]1CN(CC1CCOCC1)C2. The van der Waals surface area contributed by atoms with Gasteiger partial charge in [0.05, 0.1) is 4.55 Å². The van der Waals surface area contributed by atoms with E-state index < -0.39 is 0 Å². The first-order valence-electron chi connectivity index (χ1n) is 9.85. The largest absolute Gasteiger partial charge is 0.381 e. The molecule has 144 valence electrons. The maximum atomic E-state index is 5.51. The van der Waals surface area contributed by atoms with Gasteiger partial charge in [-0.05, 0) is 55.1 Å². The fourth-order valence-corrected chi connectivity index (χ4v) is 5.53. The van der Waals surface area contributed by atoms with E-state index in [9.17, 15) is 0 Å². The molecule has 1 aromatic heterocycles. The monoisotopic (exact) mass is 471 g/mol. The van der Waals surface area contributed by atoms with Gasteiger partial charge in [0.2, 0.25) is 0 Å². The van der Waals surface area contributed by atoms with Crippen molar-refractivity contribution in [3.63, 3.8) is 0 Å². The van der Waals surface area contributed by atoms with E-state index in [1.54, 1.807) is 0 Å². The number of aromatic nitrogens is 2. The zero-order valence-electron chi connectivity index (χ0n) is 15.6. The van der Waals surface area contributed by atoms with E-state index in [1.165, 1.54) is 45.3 Å². The van der Waals surface area contributed by atoms with E-state index in [1.807, 2.05) is 12.1 Å². The van der Waals surface area contributed by atoms with E-state index in [2.05, 4.69) is 55.2 Å². The van der Waals surface area contributed by atoms with Crippen LogP contribution in [0.3, 0.4) is 0 Å². The Kier molecular flexibility index (Phi) is 5.85. The van der Waals surface area contributed by atoms with Crippen LogP contribution < -0.4 is 10.6 Å². The van der Waals surface area contributed by atoms with Gasteiger partial charge in [-0.1, -0.05) is 29.5 Å². The summed E-state index contributed by atoms with van der Waals surface area (Å²) in [7, 11) is 0. The summed E-state index contributed by atoms with van der Waals surface area (Å²) in [5.74, 6) is 3.37. The highest BCUT2D eigenvalue weighted by Gasteiger charge is 2.49. The fourth-order valence-electron chi connectivity index (χ4n) is 5.14. The minimum Gasteiger partial charge on any atom is -0.381 e. The van der Waals surface area contributed by atoms with E-state index in [0.717, 1.165) is 41.2 Å². The van der Waals surface area contributed by atoms with E-state index in [4.69, 9.17) is 4.74 Å². The Morgan fingerprint density at radius 2 is 2.04 bits per heavy atom. The molecule has 1 saturated carbocycles. The lowest BCUT2D eigenvalue weighted by Gasteiger charge is -2.29. The van der Waals surface area contributed by atoms with Crippen LogP contribution in [0, 0.1) is 17.3 Å². The molecule has 0 bridgehead atoms. The van der Waals surface area contributed by atoms with Crippen molar-refractivity contribution in [3.05, 3.63) is 12.1 Å². The molecule has 3 aliphatic rings. The summed E-state index contributed by atoms with van der Waals surface area (Å²) >= 11 is 2.27. The van der Waals surface area contributed by atoms with Crippen LogP contribution in [0.1, 0.15) is 32.6 Å². The minimum absolute atomic E-state index is 0.443. The minimum atomic E-state index is 0.443. The summed E-state index contributed by atoms with van der Waals surface area (Å²) in [6, 6.07) is 4.56. The van der Waals surface area contributed by atoms with Crippen LogP contribution in [0.15, 0.2) is 12.1 Å². The molecule has 0 unspecified atom stereocenters. The number of fused-ring (bicyclic) bond motifs is 1. The van der Waals surface area contributed by atoms with Crippen LogP contribution in [-0.4, -0.2) is 58.5 Å². The highest BCUT2D eigenvalue weighted by atomic mass is 127. The van der Waals surface area contributed by atoms with Gasteiger partial charge in [-0.2, -0.15) is 0 Å². The predicted octanol–water partition coefficient (Wildman–Crippen LogP) is 3.22. The van der Waals surface area contributed by atoms with Crippen molar-refractivity contribution in [2.24, 2.45) is 17.3 Å². The molecule has 3 heterocycles. The normalized spacial score (nSPS) is 32.5. The molecule has 0 radical (unpaired) electrons. The Bertz CT molecular complexity index is 594. The van der Waals surface area contributed by atoms with Gasteiger partial charge < -0.3 is 20.3 Å². The Morgan fingerprint density at radius 3 is 2.73 bits per heavy atom. The first-order valence-corrected chi connectivity index (χ1v) is 11.4. The number of nitrogens with zero attached hydrogens (tertiary/aromatic N) is 3. The zero-order chi connectivity index (χ0) is 18.0. The summed E-state index contributed by atoms with van der Waals surface area (Å²) in [6.07, 6.45) is 4.96. The van der Waals surface area contributed by atoms with Gasteiger partial charge in [0.15, 0.2) is 0 Å². The average Bonchev–Trinajstić information content (AvgIpc) is 3.08. The van der Waals surface area contributed by atoms with Gasteiger partial charge in [-0.15, -0.1) is 10.2 Å². The lowest BCUT2D eigenvalue weighted by Crippen LogP contribution is -2.33. The van der Waals surface area contributed by atoms with Gasteiger partial charge in [0.1, 0.15) is 11.6 Å². The molecule has 7 heteroatoms. The Balaban J connectivity index is 1.28. The molecule has 6 nitrogen and oxygen atoms in total. The third-order valence-electron chi connectivity index (χ3n) is 6.45. The van der Waals surface area contributed by atoms with Crippen LogP contribution in [0.4, 0.5) is 11.6 Å². The van der Waals surface area contributed by atoms with Gasteiger partial charge >= 0.3 is 0 Å². The van der Waals surface area contributed by atoms with Crippen molar-refractivity contribution in [2.45, 2.75) is 38.6 Å². The zero-order valence-corrected chi connectivity index (χ0v) is 17.7. The van der Waals surface area contributed by atoms with Crippen molar-refractivity contribution in [2.75, 3.05) is 48.0 Å². The molecule has 2 N–H and O–H groups in total. The van der Waals surface area contributed by atoms with Crippen molar-refractivity contribution in [1.29, 1.82) is 0 Å². The standard InChI is InChI=1S/C19H30IN5O/c1-19-9-16(22-18-3-2-17(21-13-20)23-24-18)8-15(19)11-25(12-19)10-14-4-6-26-7-5-14/h2-3,14-16H,4-13H2,1H3,(H,21,23)(H,22,24)/t15-,16+,19+/m1/s1. The summed E-state index contributed by atoms with van der Waals surface area (Å²) in [5.41, 5.74) is 0.443. The third kappa shape index (κ3) is 4.25. The van der Waals surface area contributed by atoms with Crippen LogP contribution in [0.25, 0.3) is 0 Å². The number of rotatable bonds is 6. The van der Waals surface area contributed by atoms with E-state index in [0.29, 0.717) is 11.5 Å². The second-order valence-corrected chi connectivity index (χ2v) is 9.26. The summed E-state index contributed by atoms with van der Waals surface area (Å²) in [4.78, 5) is 2.72. The highest BCUT2D eigenvalue weighted by Crippen LogP contribution is 2.49. The molecule has 0 amide bonds. The Hall–Kier alpha value is -0.670. The van der Waals surface area contributed by atoms with Gasteiger partial charge in [-0.3, -0.25) is 0 Å². The molecule has 2 aliphatic heterocycles. The molecule has 4 rings (SSSR count). The molecule has 1 aliphatic carbocycles. The lowest BCUT2D eigenvalue weighted by molar-refractivity contribution is 0.0539. The summed E-state index contributed by atoms with van der Waals surface area (Å²) < 4.78 is 6.35. The third-order valence-corrected chi connectivity index (χ3v) is 6.83. The van der Waals surface area contributed by atoms with Gasteiger partial charge in [0.25, 0.3) is 0 Å². The van der Waals surface area contributed by atoms with E-state index in [-0.39, 0.29) is 0 Å². The number of hydrogen-bond donors (Lipinski definition) is 2. The number of halogens is 1. The first kappa shape index (κ1) is 18.7. The summed E-state index contributed by atoms with van der Waals surface area (Å²) in [5, 5.41) is 15.3. The second kappa shape index (κ2) is 8.14. The molecule has 0 aromatic carbocycles. The number of hydrogen-bond acceptors (Lipinski definition) is 6. The van der Waals surface area contributed by atoms with Crippen molar-refractivity contribution in [3.8, 4) is 0 Å². The number of ether oxygens (including phenoxy) is 1. The Labute approximate surface area is 170 Å². The van der Waals surface area contributed by atoms with Crippen molar-refractivity contribution < 1.29 is 4.74 Å². The molecule has 3 atom stereocenters. The first-order chi connectivity index (χ1) is 12.6. The maximum absolute atomic E-state index is 5.51. The van der Waals surface area contributed by atoms with Gasteiger partial charge in [-0.25, -0.2) is 0 Å². The molecule has 26 heavy (non-hydrogen) atoms. The molecular formula is C19H30IN5O. The molecule has 0 spiro atoms. The number of alkyl halides is 1. The quantitative estimate of drug-likeness (QED) is 0.378.